The molecule has 1 aromatic heterocycles. The van der Waals surface area contributed by atoms with Crippen LogP contribution in [0.3, 0.4) is 0 Å². The smallest absolute Gasteiger partial charge is 0.341 e. The number of ketones is 1. The molecule has 0 radical (unpaired) electrons. The average Bonchev–Trinajstić information content (AvgIpc) is 2.68. The van der Waals surface area contributed by atoms with Crippen molar-refractivity contribution in [2.24, 2.45) is 5.92 Å². The first-order valence-corrected chi connectivity index (χ1v) is 9.21. The van der Waals surface area contributed by atoms with Gasteiger partial charge >= 0.3 is 6.18 Å². The maximum absolute atomic E-state index is 13.8. The quantitative estimate of drug-likeness (QED) is 0.535. The molecule has 0 aliphatic carbocycles. The van der Waals surface area contributed by atoms with Crippen LogP contribution in [0.25, 0.3) is 0 Å². The summed E-state index contributed by atoms with van der Waals surface area (Å²) in [5, 5.41) is 0. The molecule has 0 spiro atoms. The van der Waals surface area contributed by atoms with Crippen LogP contribution in [-0.2, 0) is 17.5 Å². The number of piperidine rings is 1. The van der Waals surface area contributed by atoms with Crippen molar-refractivity contribution in [1.82, 2.24) is 9.47 Å². The summed E-state index contributed by atoms with van der Waals surface area (Å²) in [4.78, 5) is 37.9. The molecule has 11 heteroatoms. The van der Waals surface area contributed by atoms with Crippen LogP contribution in [0.1, 0.15) is 28.8 Å². The fourth-order valence-electron chi connectivity index (χ4n) is 3.44. The molecular formula is C20H16F6N2O3. The van der Waals surface area contributed by atoms with Gasteiger partial charge in [-0.2, -0.15) is 13.2 Å². The first kappa shape index (κ1) is 22.6. The van der Waals surface area contributed by atoms with Gasteiger partial charge in [-0.05, 0) is 18.9 Å². The molecule has 1 aliphatic heterocycles. The van der Waals surface area contributed by atoms with E-state index in [0.717, 1.165) is 0 Å². The van der Waals surface area contributed by atoms with Crippen LogP contribution in [0.15, 0.2) is 35.3 Å². The predicted molar refractivity (Wildman–Crippen MR) is 95.7 cm³/mol. The lowest BCUT2D eigenvalue weighted by Gasteiger charge is -2.31. The number of carbonyl (C=O) groups is 2. The van der Waals surface area contributed by atoms with Gasteiger partial charge in [-0.15, -0.1) is 0 Å². The van der Waals surface area contributed by atoms with E-state index < -0.39 is 64.5 Å². The Morgan fingerprint density at radius 3 is 2.13 bits per heavy atom. The third-order valence-electron chi connectivity index (χ3n) is 5.09. The van der Waals surface area contributed by atoms with Gasteiger partial charge in [0.1, 0.15) is 24.0 Å². The number of pyridine rings is 1. The summed E-state index contributed by atoms with van der Waals surface area (Å²) in [7, 11) is 0. The summed E-state index contributed by atoms with van der Waals surface area (Å²) in [6.07, 6.45) is -4.02. The van der Waals surface area contributed by atoms with Crippen LogP contribution in [0.5, 0.6) is 0 Å². The fourth-order valence-corrected chi connectivity index (χ4v) is 3.44. The molecule has 1 fully saturated rings. The van der Waals surface area contributed by atoms with Gasteiger partial charge in [-0.25, -0.2) is 13.2 Å². The summed E-state index contributed by atoms with van der Waals surface area (Å²) < 4.78 is 79.8. The van der Waals surface area contributed by atoms with Crippen molar-refractivity contribution in [3.05, 3.63) is 69.4 Å². The average molecular weight is 446 g/mol. The van der Waals surface area contributed by atoms with Crippen molar-refractivity contribution in [2.75, 3.05) is 13.1 Å². The Hall–Kier alpha value is -3.11. The number of alkyl halides is 3. The molecule has 166 valence electrons. The standard InChI is InChI=1S/C20H16F6N2O3/c21-13-7-14(22)18(15(23)8-13)19(31)11-3-5-27(6-4-11)17(30)10-28-9-12(20(24,25)26)1-2-16(28)29/h1-2,7-9,11H,3-6,10H2. The molecule has 0 bridgehead atoms. The Kier molecular flexibility index (Phi) is 6.23. The van der Waals surface area contributed by atoms with E-state index in [0.29, 0.717) is 35.0 Å². The number of aromatic nitrogens is 1. The molecule has 5 nitrogen and oxygen atoms in total. The monoisotopic (exact) mass is 446 g/mol. The lowest BCUT2D eigenvalue weighted by molar-refractivity contribution is -0.139. The second-order valence-corrected chi connectivity index (χ2v) is 7.15. The van der Waals surface area contributed by atoms with Crippen LogP contribution >= 0.6 is 0 Å². The van der Waals surface area contributed by atoms with E-state index in [-0.39, 0.29) is 25.9 Å². The zero-order valence-corrected chi connectivity index (χ0v) is 15.9. The number of carbonyl (C=O) groups excluding carboxylic acids is 2. The van der Waals surface area contributed by atoms with Gasteiger partial charge < -0.3 is 9.47 Å². The van der Waals surface area contributed by atoms with Gasteiger partial charge in [0.15, 0.2) is 5.78 Å². The van der Waals surface area contributed by atoms with Crippen LogP contribution in [0, 0.1) is 23.4 Å². The summed E-state index contributed by atoms with van der Waals surface area (Å²) in [6, 6.07) is 2.14. The van der Waals surface area contributed by atoms with Crippen LogP contribution in [-0.4, -0.2) is 34.2 Å². The fraction of sp³-hybridized carbons (Fsp3) is 0.350. The van der Waals surface area contributed by atoms with E-state index >= 15 is 0 Å². The largest absolute Gasteiger partial charge is 0.417 e. The number of likely N-dealkylation sites (tertiary alicyclic amines) is 1. The topological polar surface area (TPSA) is 59.4 Å². The Balaban J connectivity index is 1.66. The number of amides is 1. The molecular weight excluding hydrogens is 430 g/mol. The molecule has 0 N–H and O–H groups in total. The minimum Gasteiger partial charge on any atom is -0.341 e. The summed E-state index contributed by atoms with van der Waals surface area (Å²) in [5.74, 6) is -6.08. The highest BCUT2D eigenvalue weighted by Gasteiger charge is 2.33. The summed E-state index contributed by atoms with van der Waals surface area (Å²) in [5.41, 5.74) is -2.71. The molecule has 0 saturated carbocycles. The molecule has 1 amide bonds. The van der Waals surface area contributed by atoms with Gasteiger partial charge in [0.25, 0.3) is 5.56 Å². The van der Waals surface area contributed by atoms with E-state index in [1.807, 2.05) is 0 Å². The minimum atomic E-state index is -4.68. The third-order valence-corrected chi connectivity index (χ3v) is 5.09. The highest BCUT2D eigenvalue weighted by molar-refractivity contribution is 5.98. The van der Waals surface area contributed by atoms with E-state index in [9.17, 15) is 40.7 Å². The van der Waals surface area contributed by atoms with E-state index in [1.54, 1.807) is 0 Å². The van der Waals surface area contributed by atoms with E-state index in [2.05, 4.69) is 0 Å². The Bertz CT molecular complexity index is 1050. The van der Waals surface area contributed by atoms with Crippen molar-refractivity contribution >= 4 is 11.7 Å². The van der Waals surface area contributed by atoms with Crippen molar-refractivity contribution in [3.63, 3.8) is 0 Å². The second kappa shape index (κ2) is 8.56. The van der Waals surface area contributed by atoms with Crippen LogP contribution < -0.4 is 5.56 Å². The number of benzene rings is 1. The molecule has 1 aliphatic rings. The Labute approximate surface area is 171 Å². The number of hydrogen-bond donors (Lipinski definition) is 0. The molecule has 2 heterocycles. The summed E-state index contributed by atoms with van der Waals surface area (Å²) in [6.45, 7) is -0.608. The van der Waals surface area contributed by atoms with E-state index in [4.69, 9.17) is 0 Å². The molecule has 31 heavy (non-hydrogen) atoms. The number of Topliss-reactive ketones (excluding diaryl/α,β-unsaturated/α-hetero) is 1. The maximum atomic E-state index is 13.8. The van der Waals surface area contributed by atoms with Crippen LogP contribution in [0.4, 0.5) is 26.3 Å². The highest BCUT2D eigenvalue weighted by atomic mass is 19.4. The zero-order chi connectivity index (χ0) is 22.9. The lowest BCUT2D eigenvalue weighted by atomic mass is 9.88. The van der Waals surface area contributed by atoms with Gasteiger partial charge in [0.2, 0.25) is 5.91 Å². The van der Waals surface area contributed by atoms with Crippen molar-refractivity contribution in [1.29, 1.82) is 0 Å². The predicted octanol–water partition coefficient (Wildman–Crippen LogP) is 3.41. The molecule has 0 unspecified atom stereocenters. The SMILES string of the molecule is O=C(c1c(F)cc(F)cc1F)C1CCN(C(=O)Cn2cc(C(F)(F)F)ccc2=O)CC1. The maximum Gasteiger partial charge on any atom is 0.417 e. The Morgan fingerprint density at radius 2 is 1.58 bits per heavy atom. The number of nitrogens with zero attached hydrogens (tertiary/aromatic N) is 2. The van der Waals surface area contributed by atoms with Crippen LogP contribution in [0.2, 0.25) is 0 Å². The first-order valence-electron chi connectivity index (χ1n) is 9.21. The molecule has 2 aromatic rings. The Morgan fingerprint density at radius 1 is 1.00 bits per heavy atom. The highest BCUT2D eigenvalue weighted by Crippen LogP contribution is 2.28. The van der Waals surface area contributed by atoms with Crippen molar-refractivity contribution < 1.29 is 35.9 Å². The number of rotatable bonds is 4. The lowest BCUT2D eigenvalue weighted by Crippen LogP contribution is -2.43. The minimum absolute atomic E-state index is 0.00733. The molecule has 1 saturated heterocycles. The zero-order valence-electron chi connectivity index (χ0n) is 15.9. The van der Waals surface area contributed by atoms with Gasteiger partial charge in [0.05, 0.1) is 11.1 Å². The number of halogens is 6. The van der Waals surface area contributed by atoms with Gasteiger partial charge in [0, 0.05) is 43.4 Å². The normalized spacial score (nSPS) is 15.2. The van der Waals surface area contributed by atoms with Crippen molar-refractivity contribution in [3.8, 4) is 0 Å². The van der Waals surface area contributed by atoms with Crippen molar-refractivity contribution in [2.45, 2.75) is 25.6 Å². The first-order chi connectivity index (χ1) is 14.5. The van der Waals surface area contributed by atoms with Gasteiger partial charge in [-0.3, -0.25) is 14.4 Å². The number of hydrogen-bond acceptors (Lipinski definition) is 3. The van der Waals surface area contributed by atoms with E-state index in [1.165, 1.54) is 4.90 Å². The molecule has 0 atom stereocenters. The van der Waals surface area contributed by atoms with Gasteiger partial charge in [-0.1, -0.05) is 0 Å². The second-order valence-electron chi connectivity index (χ2n) is 7.15. The molecule has 1 aromatic carbocycles. The summed E-state index contributed by atoms with van der Waals surface area (Å²) >= 11 is 0. The molecule has 3 rings (SSSR count). The third kappa shape index (κ3) is 4.97.